The maximum Gasteiger partial charge on any atom is 0.264 e. The molecule has 2 N–H and O–H groups in total. The van der Waals surface area contributed by atoms with Gasteiger partial charge in [-0.05, 0) is 68.4 Å². The molecule has 9 nitrogen and oxygen atoms in total. The Morgan fingerprint density at radius 2 is 1.61 bits per heavy atom. The predicted molar refractivity (Wildman–Crippen MR) is 120 cm³/mol. The highest BCUT2D eigenvalue weighted by molar-refractivity contribution is 7.92. The molecule has 0 saturated heterocycles. The lowest BCUT2D eigenvalue weighted by Crippen LogP contribution is -2.25. The van der Waals surface area contributed by atoms with Gasteiger partial charge in [-0.25, -0.2) is 23.1 Å². The first-order chi connectivity index (χ1) is 14.9. The van der Waals surface area contributed by atoms with Crippen molar-refractivity contribution in [3.63, 3.8) is 0 Å². The summed E-state index contributed by atoms with van der Waals surface area (Å²) in [5.74, 6) is 0.0211. The second-order valence-electron chi connectivity index (χ2n) is 6.64. The first-order valence-electron chi connectivity index (χ1n) is 9.71. The zero-order valence-electron chi connectivity index (χ0n) is 17.3. The molecule has 10 heteroatoms. The van der Waals surface area contributed by atoms with Gasteiger partial charge in [0, 0.05) is 30.7 Å². The van der Waals surface area contributed by atoms with Crippen LogP contribution < -0.4 is 9.62 Å². The number of likely N-dealkylation sites (N-methyl/N-ethyl adjacent to an activating group) is 1. The predicted octanol–water partition coefficient (Wildman–Crippen LogP) is 3.82. The van der Waals surface area contributed by atoms with Crippen LogP contribution in [0.3, 0.4) is 0 Å². The van der Waals surface area contributed by atoms with Crippen LogP contribution in [0.15, 0.2) is 75.9 Å². The Morgan fingerprint density at radius 3 is 2.16 bits per heavy atom. The lowest BCUT2D eigenvalue weighted by atomic mass is 10.2. The molecule has 2 aromatic carbocycles. The van der Waals surface area contributed by atoms with Crippen molar-refractivity contribution < 1.29 is 13.5 Å². The van der Waals surface area contributed by atoms with Crippen molar-refractivity contribution in [2.75, 3.05) is 29.3 Å². The summed E-state index contributed by atoms with van der Waals surface area (Å²) in [5, 5.41) is 17.5. The Kier molecular flexibility index (Phi) is 7.27. The van der Waals surface area contributed by atoms with Gasteiger partial charge in [0.25, 0.3) is 10.0 Å². The van der Waals surface area contributed by atoms with Crippen molar-refractivity contribution in [1.29, 1.82) is 0 Å². The van der Waals surface area contributed by atoms with Crippen LogP contribution in [0.2, 0.25) is 0 Å². The topological polar surface area (TPSA) is 120 Å². The highest BCUT2D eigenvalue weighted by Gasteiger charge is 2.15. The number of benzene rings is 2. The van der Waals surface area contributed by atoms with E-state index in [4.69, 9.17) is 5.11 Å². The minimum absolute atomic E-state index is 0.0211. The SMILES string of the molecule is CCN(CCO)c1ccc(N=Nc2ccc(S(=O)(=O)Nc3nccc(C)n3)cc2)cc1. The molecule has 0 aliphatic rings. The van der Waals surface area contributed by atoms with E-state index < -0.39 is 10.0 Å². The summed E-state index contributed by atoms with van der Waals surface area (Å²) in [6.07, 6.45) is 1.49. The van der Waals surface area contributed by atoms with E-state index >= 15 is 0 Å². The van der Waals surface area contributed by atoms with Gasteiger partial charge in [0.15, 0.2) is 0 Å². The molecule has 162 valence electrons. The van der Waals surface area contributed by atoms with Crippen LogP contribution in [0.4, 0.5) is 23.0 Å². The minimum Gasteiger partial charge on any atom is -0.395 e. The summed E-state index contributed by atoms with van der Waals surface area (Å²) in [4.78, 5) is 10.1. The molecular formula is C21H24N6O3S. The van der Waals surface area contributed by atoms with Crippen molar-refractivity contribution in [1.82, 2.24) is 9.97 Å². The number of nitrogens with zero attached hydrogens (tertiary/aromatic N) is 5. The number of hydrogen-bond donors (Lipinski definition) is 2. The third-order valence-electron chi connectivity index (χ3n) is 4.41. The zero-order chi connectivity index (χ0) is 22.3. The molecule has 0 unspecified atom stereocenters. The first kappa shape index (κ1) is 22.3. The van der Waals surface area contributed by atoms with Crippen LogP contribution in [-0.2, 0) is 10.0 Å². The smallest absolute Gasteiger partial charge is 0.264 e. The Balaban J connectivity index is 1.68. The Morgan fingerprint density at radius 1 is 1.00 bits per heavy atom. The number of anilines is 2. The minimum atomic E-state index is -3.80. The van der Waals surface area contributed by atoms with Gasteiger partial charge in [-0.1, -0.05) is 0 Å². The number of aliphatic hydroxyl groups is 1. The van der Waals surface area contributed by atoms with E-state index in [9.17, 15) is 8.42 Å². The second-order valence-corrected chi connectivity index (χ2v) is 8.32. The number of nitrogens with one attached hydrogen (secondary N) is 1. The maximum atomic E-state index is 12.5. The first-order valence-corrected chi connectivity index (χ1v) is 11.2. The van der Waals surface area contributed by atoms with E-state index in [0.717, 1.165) is 12.2 Å². The zero-order valence-corrected chi connectivity index (χ0v) is 18.1. The summed E-state index contributed by atoms with van der Waals surface area (Å²) in [6.45, 7) is 5.23. The van der Waals surface area contributed by atoms with Crippen LogP contribution in [0, 0.1) is 6.92 Å². The molecule has 0 spiro atoms. The number of rotatable bonds is 9. The van der Waals surface area contributed by atoms with E-state index in [-0.39, 0.29) is 17.5 Å². The lowest BCUT2D eigenvalue weighted by molar-refractivity contribution is 0.302. The van der Waals surface area contributed by atoms with E-state index in [1.165, 1.54) is 18.3 Å². The van der Waals surface area contributed by atoms with E-state index in [0.29, 0.717) is 23.6 Å². The third kappa shape index (κ3) is 6.06. The molecule has 0 aliphatic carbocycles. The molecule has 0 radical (unpaired) electrons. The highest BCUT2D eigenvalue weighted by atomic mass is 32.2. The molecule has 3 aromatic rings. The van der Waals surface area contributed by atoms with Gasteiger partial charge in [-0.2, -0.15) is 10.2 Å². The van der Waals surface area contributed by atoms with Gasteiger partial charge >= 0.3 is 0 Å². The normalized spacial score (nSPS) is 11.6. The molecule has 0 atom stereocenters. The molecule has 0 bridgehead atoms. The summed E-state index contributed by atoms with van der Waals surface area (Å²) in [7, 11) is -3.80. The molecule has 0 saturated carbocycles. The molecule has 31 heavy (non-hydrogen) atoms. The van der Waals surface area contributed by atoms with E-state index in [2.05, 4.69) is 29.8 Å². The molecule has 1 aromatic heterocycles. The molecular weight excluding hydrogens is 416 g/mol. The average molecular weight is 441 g/mol. The standard InChI is InChI=1S/C21H24N6O3S/c1-3-27(14-15-28)19-8-4-17(5-9-19)24-25-18-6-10-20(11-7-18)31(29,30)26-21-22-13-12-16(2)23-21/h4-13,28H,3,14-15H2,1-2H3,(H,22,23,26). The van der Waals surface area contributed by atoms with Gasteiger partial charge in [-0.3, -0.25) is 0 Å². The van der Waals surface area contributed by atoms with Crippen molar-refractivity contribution >= 4 is 33.0 Å². The van der Waals surface area contributed by atoms with Gasteiger partial charge < -0.3 is 10.0 Å². The van der Waals surface area contributed by atoms with Gasteiger partial charge in [0.05, 0.1) is 22.9 Å². The fraction of sp³-hybridized carbons (Fsp3) is 0.238. The fourth-order valence-electron chi connectivity index (χ4n) is 2.81. The third-order valence-corrected chi connectivity index (χ3v) is 5.76. The maximum absolute atomic E-state index is 12.5. The summed E-state index contributed by atoms with van der Waals surface area (Å²) in [5.41, 5.74) is 2.84. The molecule has 3 rings (SSSR count). The van der Waals surface area contributed by atoms with Crippen LogP contribution >= 0.6 is 0 Å². The van der Waals surface area contributed by atoms with Crippen LogP contribution in [0.1, 0.15) is 12.6 Å². The molecule has 0 aliphatic heterocycles. The quantitative estimate of drug-likeness (QED) is 0.488. The van der Waals surface area contributed by atoms with Crippen molar-refractivity contribution in [2.24, 2.45) is 10.2 Å². The van der Waals surface area contributed by atoms with E-state index in [1.807, 2.05) is 31.2 Å². The molecule has 0 amide bonds. The number of hydrogen-bond acceptors (Lipinski definition) is 8. The largest absolute Gasteiger partial charge is 0.395 e. The second kappa shape index (κ2) is 10.1. The molecule has 1 heterocycles. The number of aryl methyl sites for hydroxylation is 1. The van der Waals surface area contributed by atoms with Gasteiger partial charge in [-0.15, -0.1) is 0 Å². The average Bonchev–Trinajstić information content (AvgIpc) is 2.76. The van der Waals surface area contributed by atoms with E-state index in [1.54, 1.807) is 25.1 Å². The number of aromatic nitrogens is 2. The fourth-order valence-corrected chi connectivity index (χ4v) is 3.76. The van der Waals surface area contributed by atoms with Crippen LogP contribution in [0.5, 0.6) is 0 Å². The monoisotopic (exact) mass is 440 g/mol. The van der Waals surface area contributed by atoms with Crippen LogP contribution in [-0.4, -0.2) is 43.2 Å². The number of aliphatic hydroxyl groups excluding tert-OH is 1. The Labute approximate surface area is 181 Å². The summed E-state index contributed by atoms with van der Waals surface area (Å²) in [6, 6.07) is 15.2. The lowest BCUT2D eigenvalue weighted by Gasteiger charge is -2.21. The highest BCUT2D eigenvalue weighted by Crippen LogP contribution is 2.23. The van der Waals surface area contributed by atoms with Gasteiger partial charge in [0.1, 0.15) is 0 Å². The van der Waals surface area contributed by atoms with Crippen LogP contribution in [0.25, 0.3) is 0 Å². The van der Waals surface area contributed by atoms with Crippen molar-refractivity contribution in [3.05, 3.63) is 66.5 Å². The van der Waals surface area contributed by atoms with Crippen molar-refractivity contribution in [3.8, 4) is 0 Å². The van der Waals surface area contributed by atoms with Crippen molar-refractivity contribution in [2.45, 2.75) is 18.7 Å². The molecule has 0 fully saturated rings. The Hall–Kier alpha value is -3.37. The summed E-state index contributed by atoms with van der Waals surface area (Å²) >= 11 is 0. The Bertz CT molecular complexity index is 1130. The number of azo groups is 1. The van der Waals surface area contributed by atoms with Gasteiger partial charge in [0.2, 0.25) is 5.95 Å². The summed E-state index contributed by atoms with van der Waals surface area (Å²) < 4.78 is 27.4. The number of sulfonamides is 1.